The lowest BCUT2D eigenvalue weighted by molar-refractivity contribution is -0.361. The van der Waals surface area contributed by atoms with Gasteiger partial charge in [-0.15, -0.1) is 0 Å². The maximum Gasteiger partial charge on any atom is 0.460 e. The summed E-state index contributed by atoms with van der Waals surface area (Å²) in [6.07, 6.45) is -13.7. The monoisotopic (exact) mass is 524 g/mol. The van der Waals surface area contributed by atoms with E-state index in [2.05, 4.69) is 9.97 Å². The highest BCUT2D eigenvalue weighted by molar-refractivity contribution is 6.25. The first-order valence-corrected chi connectivity index (χ1v) is 7.95. The molecule has 6 nitrogen and oxygen atoms in total. The highest BCUT2D eigenvalue weighted by Crippen LogP contribution is 2.52. The van der Waals surface area contributed by atoms with Gasteiger partial charge in [0.2, 0.25) is 11.6 Å². The van der Waals surface area contributed by atoms with Crippen molar-refractivity contribution in [2.24, 2.45) is 0 Å². The molecule has 20 heteroatoms. The fourth-order valence-corrected chi connectivity index (χ4v) is 2.59. The third-order valence-electron chi connectivity index (χ3n) is 4.39. The summed E-state index contributed by atoms with van der Waals surface area (Å²) >= 11 is 0. The number of nitrogens with zero attached hydrogens (tertiary/aromatic N) is 2. The van der Waals surface area contributed by atoms with Crippen molar-refractivity contribution in [3.05, 3.63) is 34.4 Å². The maximum absolute atomic E-state index is 13.8. The number of H-pyrrole nitrogens is 2. The number of carbonyl (C=O) groups excluding carboxylic acids is 2. The van der Waals surface area contributed by atoms with Gasteiger partial charge >= 0.3 is 36.0 Å². The molecule has 1 aliphatic rings. The maximum atomic E-state index is 13.8. The van der Waals surface area contributed by atoms with Crippen molar-refractivity contribution in [1.82, 2.24) is 19.9 Å². The zero-order valence-electron chi connectivity index (χ0n) is 15.0. The minimum Gasteiger partial charge on any atom is -0.333 e. The zero-order valence-corrected chi connectivity index (χ0v) is 15.0. The summed E-state index contributed by atoms with van der Waals surface area (Å²) in [5.74, 6) is -35.1. The van der Waals surface area contributed by atoms with E-state index in [4.69, 9.17) is 0 Å². The molecule has 2 heterocycles. The highest BCUT2D eigenvalue weighted by atomic mass is 19.4. The topological polar surface area (TPSA) is 91.5 Å². The Morgan fingerprint density at radius 2 is 0.794 bits per heavy atom. The molecule has 0 unspecified atom stereocenters. The molecule has 188 valence electrons. The van der Waals surface area contributed by atoms with Crippen LogP contribution in [-0.2, 0) is 11.8 Å². The Balaban J connectivity index is 2.11. The van der Waals surface area contributed by atoms with Crippen LogP contribution in [0.3, 0.4) is 0 Å². The molecule has 0 amide bonds. The average Bonchev–Trinajstić information content (AvgIpc) is 3.30. The van der Waals surface area contributed by atoms with Gasteiger partial charge in [-0.3, -0.25) is 9.59 Å². The van der Waals surface area contributed by atoms with Crippen LogP contribution in [0.4, 0.5) is 61.5 Å². The molecule has 0 saturated carbocycles. The molecule has 0 spiro atoms. The van der Waals surface area contributed by atoms with Gasteiger partial charge in [0.05, 0.1) is 0 Å². The molecule has 0 aromatic carbocycles. The smallest absolute Gasteiger partial charge is 0.333 e. The number of rotatable bonds is 4. The molecule has 0 radical (unpaired) electrons. The lowest BCUT2D eigenvalue weighted by Gasteiger charge is -2.26. The molecule has 0 saturated heterocycles. The lowest BCUT2D eigenvalue weighted by atomic mass is 10.00. The summed E-state index contributed by atoms with van der Waals surface area (Å²) in [7, 11) is 0. The second kappa shape index (κ2) is 6.68. The van der Waals surface area contributed by atoms with E-state index in [0.717, 1.165) is 9.97 Å². The van der Waals surface area contributed by atoms with Gasteiger partial charge in [0.1, 0.15) is 22.8 Å². The Labute approximate surface area is 174 Å². The van der Waals surface area contributed by atoms with Crippen molar-refractivity contribution >= 4 is 11.6 Å². The van der Waals surface area contributed by atoms with Crippen LogP contribution in [0.15, 0.2) is 0 Å². The predicted molar refractivity (Wildman–Crippen MR) is 73.8 cm³/mol. The van der Waals surface area contributed by atoms with E-state index in [1.807, 2.05) is 0 Å². The van der Waals surface area contributed by atoms with E-state index in [-0.39, 0.29) is 0 Å². The van der Waals surface area contributed by atoms with E-state index in [9.17, 15) is 71.1 Å². The van der Waals surface area contributed by atoms with Gasteiger partial charge in [-0.25, -0.2) is 9.97 Å². The van der Waals surface area contributed by atoms with Crippen molar-refractivity contribution in [3.8, 4) is 0 Å². The minimum atomic E-state index is -6.85. The van der Waals surface area contributed by atoms with Crippen LogP contribution in [0.25, 0.3) is 0 Å². The summed E-state index contributed by atoms with van der Waals surface area (Å²) in [4.78, 5) is 31.4. The first-order chi connectivity index (χ1) is 15.0. The minimum absolute atomic E-state index is 1.00. The van der Waals surface area contributed by atoms with Crippen molar-refractivity contribution in [2.75, 3.05) is 0 Å². The van der Waals surface area contributed by atoms with Crippen molar-refractivity contribution in [2.45, 2.75) is 36.0 Å². The summed E-state index contributed by atoms with van der Waals surface area (Å²) in [5, 5.41) is 0. The summed E-state index contributed by atoms with van der Waals surface area (Å²) in [5.41, 5.74) is -6.47. The van der Waals surface area contributed by atoms with Gasteiger partial charge < -0.3 is 9.97 Å². The van der Waals surface area contributed by atoms with Crippen molar-refractivity contribution < 1.29 is 71.1 Å². The molecule has 2 aromatic rings. The van der Waals surface area contributed by atoms with Gasteiger partial charge in [-0.1, -0.05) is 0 Å². The highest BCUT2D eigenvalue weighted by Gasteiger charge is 2.76. The summed E-state index contributed by atoms with van der Waals surface area (Å²) in [6.45, 7) is 0. The van der Waals surface area contributed by atoms with Crippen molar-refractivity contribution in [3.63, 3.8) is 0 Å². The second-order valence-electron chi connectivity index (χ2n) is 6.57. The van der Waals surface area contributed by atoms with Gasteiger partial charge in [0, 0.05) is 0 Å². The number of aromatic amines is 2. The van der Waals surface area contributed by atoms with Crippen LogP contribution in [0, 0.1) is 0 Å². The number of nitrogens with one attached hydrogen (secondary N) is 2. The second-order valence-corrected chi connectivity index (χ2v) is 6.57. The number of hydrogen-bond acceptors (Lipinski definition) is 4. The molecule has 34 heavy (non-hydrogen) atoms. The normalized spacial score (nSPS) is 16.1. The number of aromatic nitrogens is 4. The quantitative estimate of drug-likeness (QED) is 0.493. The van der Waals surface area contributed by atoms with Gasteiger partial charge in [-0.05, 0) is 0 Å². The third-order valence-corrected chi connectivity index (χ3v) is 4.39. The zero-order chi connectivity index (χ0) is 26.4. The SMILES string of the molecule is O=C1c2nc(C(F)(F)C(F)(F)C(F)(F)F)[nH]c2C(=O)c2[nH]c(C(F)(F)C(F)(F)C(F)(F)F)nc21. The number of alkyl halides is 14. The molecule has 2 aromatic heterocycles. The first-order valence-electron chi connectivity index (χ1n) is 7.95. The largest absolute Gasteiger partial charge is 0.460 e. The Bertz CT molecular complexity index is 1050. The van der Waals surface area contributed by atoms with Gasteiger partial charge in [0.15, 0.2) is 11.6 Å². The number of carbonyl (C=O) groups is 2. The van der Waals surface area contributed by atoms with E-state index >= 15 is 0 Å². The molecule has 2 N–H and O–H groups in total. The fraction of sp³-hybridized carbons (Fsp3) is 0.429. The van der Waals surface area contributed by atoms with Crippen LogP contribution in [0.1, 0.15) is 44.0 Å². The van der Waals surface area contributed by atoms with Crippen LogP contribution in [0.2, 0.25) is 0 Å². The molecule has 1 aliphatic carbocycles. The van der Waals surface area contributed by atoms with Gasteiger partial charge in [-0.2, -0.15) is 61.5 Å². The van der Waals surface area contributed by atoms with Crippen molar-refractivity contribution in [1.29, 1.82) is 0 Å². The van der Waals surface area contributed by atoms with Crippen LogP contribution >= 0.6 is 0 Å². The summed E-state index contributed by atoms with van der Waals surface area (Å²) < 4.78 is 182. The predicted octanol–water partition coefficient (Wildman–Crippen LogP) is 4.49. The van der Waals surface area contributed by atoms with E-state index in [1.54, 1.807) is 0 Å². The molecule has 0 bridgehead atoms. The average molecular weight is 524 g/mol. The van der Waals surface area contributed by atoms with E-state index < -0.39 is 82.0 Å². The molecule has 0 atom stereocenters. The Hall–Kier alpha value is -3.22. The molecule has 0 fully saturated rings. The molecular weight excluding hydrogens is 522 g/mol. The first kappa shape index (κ1) is 25.4. The van der Waals surface area contributed by atoms with E-state index in [0.29, 0.717) is 0 Å². The molecular formula is C14H2F14N4O2. The summed E-state index contributed by atoms with van der Waals surface area (Å²) in [6, 6.07) is 0. The Morgan fingerprint density at radius 3 is 1.06 bits per heavy atom. The Kier molecular flexibility index (Phi) is 4.99. The Morgan fingerprint density at radius 1 is 0.500 bits per heavy atom. The van der Waals surface area contributed by atoms with E-state index in [1.165, 1.54) is 0 Å². The standard InChI is InChI=1S/C14H2F14N4O2/c15-9(16,11(19,20)13(23,24)25)7-29-1-2(30-7)6(34)4-3(5(1)33)31-8(32-4)10(17,18)12(21,22)14(26,27)28/h(H,29,30)(H,31,32). The lowest BCUT2D eigenvalue weighted by Crippen LogP contribution is -2.50. The molecule has 3 rings (SSSR count). The van der Waals surface area contributed by atoms with Crippen LogP contribution in [0.5, 0.6) is 0 Å². The number of halogens is 14. The number of hydrogen-bond donors (Lipinski definition) is 2. The van der Waals surface area contributed by atoms with Crippen LogP contribution < -0.4 is 0 Å². The fourth-order valence-electron chi connectivity index (χ4n) is 2.59. The van der Waals surface area contributed by atoms with Gasteiger partial charge in [0.25, 0.3) is 0 Å². The number of fused-ring (bicyclic) bond motifs is 2. The third kappa shape index (κ3) is 3.09. The van der Waals surface area contributed by atoms with Crippen LogP contribution in [-0.4, -0.2) is 55.7 Å². The molecule has 0 aliphatic heterocycles. The number of imidazole rings is 2. The number of ketones is 2.